The van der Waals surface area contributed by atoms with E-state index in [2.05, 4.69) is 15.5 Å². The second kappa shape index (κ2) is 5.51. The number of nitrogens with two attached hydrogens (primary N) is 1. The van der Waals surface area contributed by atoms with E-state index >= 15 is 0 Å². The minimum atomic E-state index is -0.361. The molecule has 0 saturated heterocycles. The number of hydrogen-bond donors (Lipinski definition) is 2. The third-order valence-electron chi connectivity index (χ3n) is 2.34. The molecule has 1 aromatic heterocycles. The van der Waals surface area contributed by atoms with Crippen LogP contribution in [0.15, 0.2) is 35.8 Å². The van der Waals surface area contributed by atoms with Gasteiger partial charge in [0.1, 0.15) is 5.51 Å². The van der Waals surface area contributed by atoms with E-state index in [1.807, 2.05) is 30.3 Å². The topological polar surface area (TPSA) is 80.9 Å². The van der Waals surface area contributed by atoms with Gasteiger partial charge in [-0.15, -0.1) is 10.2 Å². The predicted molar refractivity (Wildman–Crippen MR) is 66.8 cm³/mol. The lowest BCUT2D eigenvalue weighted by Gasteiger charge is -2.13. The molecule has 0 radical (unpaired) electrons. The van der Waals surface area contributed by atoms with Gasteiger partial charge in [-0.3, -0.25) is 10.1 Å². The van der Waals surface area contributed by atoms with Gasteiger partial charge in [-0.2, -0.15) is 0 Å². The van der Waals surface area contributed by atoms with Crippen LogP contribution < -0.4 is 11.1 Å². The lowest BCUT2D eigenvalue weighted by atomic mass is 9.99. The summed E-state index contributed by atoms with van der Waals surface area (Å²) >= 11 is 1.28. The van der Waals surface area contributed by atoms with Crippen molar-refractivity contribution in [3.8, 4) is 0 Å². The fraction of sp³-hybridized carbons (Fsp3) is 0.182. The molecule has 6 heteroatoms. The quantitative estimate of drug-likeness (QED) is 0.852. The fourth-order valence-corrected chi connectivity index (χ4v) is 1.95. The van der Waals surface area contributed by atoms with E-state index in [-0.39, 0.29) is 18.4 Å². The van der Waals surface area contributed by atoms with Crippen LogP contribution >= 0.6 is 11.3 Å². The van der Waals surface area contributed by atoms with Crippen LogP contribution in [0.5, 0.6) is 0 Å². The molecule has 17 heavy (non-hydrogen) atoms. The molecule has 0 aliphatic heterocycles. The monoisotopic (exact) mass is 248 g/mol. The third-order valence-corrected chi connectivity index (χ3v) is 2.95. The van der Waals surface area contributed by atoms with E-state index < -0.39 is 0 Å². The largest absolute Gasteiger partial charge is 0.329 e. The standard InChI is InChI=1S/C11H12N4OS/c12-6-9(8-4-2-1-3-5-8)10(16)14-11-15-13-7-17-11/h1-5,7,9H,6,12H2,(H,14,15,16). The minimum Gasteiger partial charge on any atom is -0.329 e. The molecule has 2 aromatic rings. The van der Waals surface area contributed by atoms with Crippen LogP contribution in [0, 0.1) is 0 Å². The first-order chi connectivity index (χ1) is 8.31. The van der Waals surface area contributed by atoms with Crippen molar-refractivity contribution in [1.29, 1.82) is 0 Å². The molecular weight excluding hydrogens is 236 g/mol. The van der Waals surface area contributed by atoms with Crippen LogP contribution in [0.4, 0.5) is 5.13 Å². The van der Waals surface area contributed by atoms with Gasteiger partial charge >= 0.3 is 0 Å². The SMILES string of the molecule is NCC(C(=O)Nc1nncs1)c1ccccc1. The molecule has 0 fully saturated rings. The Hall–Kier alpha value is -1.79. The summed E-state index contributed by atoms with van der Waals surface area (Å²) in [4.78, 5) is 12.0. The van der Waals surface area contributed by atoms with Crippen molar-refractivity contribution in [3.63, 3.8) is 0 Å². The first-order valence-electron chi connectivity index (χ1n) is 5.13. The van der Waals surface area contributed by atoms with Gasteiger partial charge in [0.2, 0.25) is 11.0 Å². The Balaban J connectivity index is 2.11. The number of amides is 1. The molecule has 5 nitrogen and oxygen atoms in total. The maximum absolute atomic E-state index is 12.0. The molecule has 1 amide bonds. The first-order valence-corrected chi connectivity index (χ1v) is 6.01. The number of aromatic nitrogens is 2. The van der Waals surface area contributed by atoms with Crippen LogP contribution in [0.2, 0.25) is 0 Å². The van der Waals surface area contributed by atoms with Crippen molar-refractivity contribution in [1.82, 2.24) is 10.2 Å². The highest BCUT2D eigenvalue weighted by Crippen LogP contribution is 2.17. The third kappa shape index (κ3) is 2.86. The molecule has 2 rings (SSSR count). The molecule has 1 atom stereocenters. The molecule has 0 aliphatic rings. The van der Waals surface area contributed by atoms with Gasteiger partial charge in [-0.1, -0.05) is 41.7 Å². The summed E-state index contributed by atoms with van der Waals surface area (Å²) in [6.07, 6.45) is 0. The van der Waals surface area contributed by atoms with Gasteiger partial charge in [0.15, 0.2) is 0 Å². The van der Waals surface area contributed by atoms with E-state index in [0.29, 0.717) is 5.13 Å². The lowest BCUT2D eigenvalue weighted by Crippen LogP contribution is -2.27. The van der Waals surface area contributed by atoms with E-state index in [1.54, 1.807) is 5.51 Å². The Kier molecular flexibility index (Phi) is 3.79. The van der Waals surface area contributed by atoms with Gasteiger partial charge < -0.3 is 5.73 Å². The van der Waals surface area contributed by atoms with Crippen molar-refractivity contribution in [2.45, 2.75) is 5.92 Å². The molecule has 1 heterocycles. The molecule has 0 spiro atoms. The Morgan fingerprint density at radius 2 is 2.18 bits per heavy atom. The van der Waals surface area contributed by atoms with Crippen molar-refractivity contribution >= 4 is 22.4 Å². The summed E-state index contributed by atoms with van der Waals surface area (Å²) < 4.78 is 0. The Morgan fingerprint density at radius 1 is 1.41 bits per heavy atom. The van der Waals surface area contributed by atoms with Crippen LogP contribution in [-0.4, -0.2) is 22.6 Å². The van der Waals surface area contributed by atoms with Gasteiger partial charge in [0.25, 0.3) is 0 Å². The van der Waals surface area contributed by atoms with Gasteiger partial charge in [0, 0.05) is 6.54 Å². The number of carbonyl (C=O) groups excluding carboxylic acids is 1. The Morgan fingerprint density at radius 3 is 2.76 bits per heavy atom. The number of nitrogens with zero attached hydrogens (tertiary/aromatic N) is 2. The van der Waals surface area contributed by atoms with Crippen LogP contribution in [0.25, 0.3) is 0 Å². The van der Waals surface area contributed by atoms with E-state index in [1.165, 1.54) is 11.3 Å². The highest BCUT2D eigenvalue weighted by molar-refractivity contribution is 7.13. The molecule has 1 unspecified atom stereocenters. The second-order valence-corrected chi connectivity index (χ2v) is 4.27. The van der Waals surface area contributed by atoms with Crippen molar-refractivity contribution < 1.29 is 4.79 Å². The maximum atomic E-state index is 12.0. The van der Waals surface area contributed by atoms with Gasteiger partial charge in [0.05, 0.1) is 5.92 Å². The summed E-state index contributed by atoms with van der Waals surface area (Å²) in [6, 6.07) is 9.45. The average Bonchev–Trinajstić information content (AvgIpc) is 2.84. The zero-order chi connectivity index (χ0) is 12.1. The highest BCUT2D eigenvalue weighted by Gasteiger charge is 2.19. The fourth-order valence-electron chi connectivity index (χ4n) is 1.50. The number of carbonyl (C=O) groups is 1. The van der Waals surface area contributed by atoms with Crippen LogP contribution in [0.3, 0.4) is 0 Å². The summed E-state index contributed by atoms with van der Waals surface area (Å²) in [7, 11) is 0. The molecular formula is C11H12N4OS. The maximum Gasteiger partial charge on any atom is 0.235 e. The second-order valence-electron chi connectivity index (χ2n) is 3.43. The summed E-state index contributed by atoms with van der Waals surface area (Å²) in [5, 5.41) is 10.6. The van der Waals surface area contributed by atoms with E-state index in [4.69, 9.17) is 5.73 Å². The number of hydrogen-bond acceptors (Lipinski definition) is 5. The molecule has 88 valence electrons. The zero-order valence-electron chi connectivity index (χ0n) is 9.04. The molecule has 0 bridgehead atoms. The number of anilines is 1. The van der Waals surface area contributed by atoms with Crippen LogP contribution in [-0.2, 0) is 4.79 Å². The molecule has 0 aliphatic carbocycles. The predicted octanol–water partition coefficient (Wildman–Crippen LogP) is 1.22. The number of rotatable bonds is 4. The smallest absolute Gasteiger partial charge is 0.235 e. The molecule has 0 saturated carbocycles. The molecule has 1 aromatic carbocycles. The van der Waals surface area contributed by atoms with Gasteiger partial charge in [-0.05, 0) is 5.56 Å². The highest BCUT2D eigenvalue weighted by atomic mass is 32.1. The van der Waals surface area contributed by atoms with Gasteiger partial charge in [-0.25, -0.2) is 0 Å². The molecule has 3 N–H and O–H groups in total. The summed E-state index contributed by atoms with van der Waals surface area (Å²) in [5.41, 5.74) is 8.11. The number of benzene rings is 1. The van der Waals surface area contributed by atoms with Crippen LogP contribution in [0.1, 0.15) is 11.5 Å². The number of nitrogens with one attached hydrogen (secondary N) is 1. The summed E-state index contributed by atoms with van der Waals surface area (Å²) in [6.45, 7) is 0.259. The van der Waals surface area contributed by atoms with Crippen molar-refractivity contribution in [3.05, 3.63) is 41.4 Å². The normalized spacial score (nSPS) is 12.1. The van der Waals surface area contributed by atoms with Crippen molar-refractivity contribution in [2.24, 2.45) is 5.73 Å². The van der Waals surface area contributed by atoms with E-state index in [0.717, 1.165) is 5.56 Å². The summed E-state index contributed by atoms with van der Waals surface area (Å²) in [5.74, 6) is -0.518. The zero-order valence-corrected chi connectivity index (χ0v) is 9.85. The Labute approximate surface area is 103 Å². The first kappa shape index (κ1) is 11.7. The lowest BCUT2D eigenvalue weighted by molar-refractivity contribution is -0.117. The minimum absolute atomic E-state index is 0.157. The average molecular weight is 248 g/mol. The van der Waals surface area contributed by atoms with Crippen molar-refractivity contribution in [2.75, 3.05) is 11.9 Å². The Bertz CT molecular complexity index is 471. The van der Waals surface area contributed by atoms with E-state index in [9.17, 15) is 4.79 Å².